The van der Waals surface area contributed by atoms with Gasteiger partial charge in [-0.15, -0.1) is 11.3 Å². The first-order chi connectivity index (χ1) is 8.96. The van der Waals surface area contributed by atoms with Gasteiger partial charge in [-0.05, 0) is 40.2 Å². The zero-order chi connectivity index (χ0) is 14.5. The minimum absolute atomic E-state index is 0.136. The van der Waals surface area contributed by atoms with Crippen molar-refractivity contribution in [3.05, 3.63) is 15.6 Å². The summed E-state index contributed by atoms with van der Waals surface area (Å²) in [5.41, 5.74) is 1.02. The fourth-order valence-electron chi connectivity index (χ4n) is 2.16. The zero-order valence-corrected chi connectivity index (χ0v) is 14.0. The van der Waals surface area contributed by atoms with Gasteiger partial charge in [0, 0.05) is 24.4 Å². The van der Waals surface area contributed by atoms with E-state index in [4.69, 9.17) is 4.74 Å². The predicted molar refractivity (Wildman–Crippen MR) is 83.1 cm³/mol. The summed E-state index contributed by atoms with van der Waals surface area (Å²) in [4.78, 5) is 5.98. The van der Waals surface area contributed by atoms with Gasteiger partial charge in [0.1, 0.15) is 0 Å². The summed E-state index contributed by atoms with van der Waals surface area (Å²) in [5.74, 6) is 0. The van der Waals surface area contributed by atoms with Gasteiger partial charge in [0.25, 0.3) is 0 Å². The molecule has 1 heterocycles. The number of nitrogens with one attached hydrogen (secondary N) is 1. The molecule has 19 heavy (non-hydrogen) atoms. The average Bonchev–Trinajstić information content (AvgIpc) is 2.72. The van der Waals surface area contributed by atoms with Crippen molar-refractivity contribution in [3.8, 4) is 0 Å². The molecule has 0 amide bonds. The second-order valence-corrected chi connectivity index (χ2v) is 6.62. The van der Waals surface area contributed by atoms with Gasteiger partial charge in [-0.1, -0.05) is 13.8 Å². The molecular formula is C15H28N2OS. The van der Waals surface area contributed by atoms with Crippen molar-refractivity contribution in [1.29, 1.82) is 0 Å². The maximum atomic E-state index is 5.77. The summed E-state index contributed by atoms with van der Waals surface area (Å²) >= 11 is 1.81. The molecule has 110 valence electrons. The molecule has 1 aromatic heterocycles. The van der Waals surface area contributed by atoms with Gasteiger partial charge in [-0.3, -0.25) is 0 Å². The van der Waals surface area contributed by atoms with Gasteiger partial charge in [-0.2, -0.15) is 0 Å². The number of nitrogens with zero attached hydrogens (tertiary/aromatic N) is 1. The summed E-state index contributed by atoms with van der Waals surface area (Å²) in [6.07, 6.45) is 3.07. The third-order valence-corrected chi connectivity index (χ3v) is 5.09. The number of aryl methyl sites for hydroxylation is 2. The lowest BCUT2D eigenvalue weighted by molar-refractivity contribution is -0.0287. The Morgan fingerprint density at radius 1 is 1.37 bits per heavy atom. The van der Waals surface area contributed by atoms with Crippen molar-refractivity contribution in [2.24, 2.45) is 0 Å². The van der Waals surface area contributed by atoms with Gasteiger partial charge in [0.2, 0.25) is 0 Å². The lowest BCUT2D eigenvalue weighted by Crippen LogP contribution is -2.51. The molecule has 3 nitrogen and oxygen atoms in total. The Morgan fingerprint density at radius 3 is 2.47 bits per heavy atom. The molecule has 0 aliphatic carbocycles. The van der Waals surface area contributed by atoms with Crippen LogP contribution in [0.1, 0.15) is 49.2 Å². The SMILES string of the molecule is CCCNC(Cc1nc(C)c(C)s1)C(C)(CC)OC. The summed E-state index contributed by atoms with van der Waals surface area (Å²) in [6.45, 7) is 11.8. The molecule has 1 rings (SSSR count). The third kappa shape index (κ3) is 4.26. The average molecular weight is 284 g/mol. The molecule has 4 heteroatoms. The van der Waals surface area contributed by atoms with Crippen LogP contribution in [0.25, 0.3) is 0 Å². The van der Waals surface area contributed by atoms with Crippen LogP contribution in [0.4, 0.5) is 0 Å². The number of aromatic nitrogens is 1. The molecule has 2 atom stereocenters. The lowest BCUT2D eigenvalue weighted by atomic mass is 9.90. The van der Waals surface area contributed by atoms with E-state index in [0.717, 1.165) is 31.5 Å². The van der Waals surface area contributed by atoms with E-state index in [1.807, 2.05) is 7.11 Å². The standard InChI is InChI=1S/C15H28N2OS/c1-7-9-16-13(15(5,8-2)18-6)10-14-17-11(3)12(4)19-14/h13,16H,7-10H2,1-6H3. The van der Waals surface area contributed by atoms with Gasteiger partial charge >= 0.3 is 0 Å². The fourth-order valence-corrected chi connectivity index (χ4v) is 3.14. The topological polar surface area (TPSA) is 34.2 Å². The fraction of sp³-hybridized carbons (Fsp3) is 0.800. The number of rotatable bonds is 8. The summed E-state index contributed by atoms with van der Waals surface area (Å²) in [5, 5.41) is 4.84. The monoisotopic (exact) mass is 284 g/mol. The zero-order valence-electron chi connectivity index (χ0n) is 13.2. The van der Waals surface area contributed by atoms with Crippen LogP contribution in [0.5, 0.6) is 0 Å². The van der Waals surface area contributed by atoms with Crippen LogP contribution in [-0.4, -0.2) is 30.3 Å². The van der Waals surface area contributed by atoms with Crippen molar-refractivity contribution in [1.82, 2.24) is 10.3 Å². The van der Waals surface area contributed by atoms with E-state index in [0.29, 0.717) is 6.04 Å². The second kappa shape index (κ2) is 7.36. The smallest absolute Gasteiger partial charge is 0.0947 e. The second-order valence-electron chi connectivity index (χ2n) is 5.33. The lowest BCUT2D eigenvalue weighted by Gasteiger charge is -2.36. The molecule has 0 fully saturated rings. The highest BCUT2D eigenvalue weighted by atomic mass is 32.1. The van der Waals surface area contributed by atoms with Gasteiger partial charge in [0.15, 0.2) is 0 Å². The highest BCUT2D eigenvalue weighted by Gasteiger charge is 2.32. The molecule has 0 aliphatic heterocycles. The summed E-state index contributed by atoms with van der Waals surface area (Å²) in [6, 6.07) is 0.312. The molecule has 0 spiro atoms. The largest absolute Gasteiger partial charge is 0.377 e. The minimum Gasteiger partial charge on any atom is -0.377 e. The van der Waals surface area contributed by atoms with Crippen LogP contribution in [-0.2, 0) is 11.2 Å². The van der Waals surface area contributed by atoms with Crippen LogP contribution in [0, 0.1) is 13.8 Å². The maximum Gasteiger partial charge on any atom is 0.0947 e. The highest BCUT2D eigenvalue weighted by Crippen LogP contribution is 2.25. The minimum atomic E-state index is -0.136. The summed E-state index contributed by atoms with van der Waals surface area (Å²) in [7, 11) is 1.81. The number of ether oxygens (including phenoxy) is 1. The molecule has 0 bridgehead atoms. The van der Waals surface area contributed by atoms with E-state index in [9.17, 15) is 0 Å². The van der Waals surface area contributed by atoms with Crippen molar-refractivity contribution < 1.29 is 4.74 Å². The normalized spacial score (nSPS) is 16.3. The number of thiazole rings is 1. The molecular weight excluding hydrogens is 256 g/mol. The van der Waals surface area contributed by atoms with E-state index in [1.165, 1.54) is 9.88 Å². The quantitative estimate of drug-likeness (QED) is 0.793. The molecule has 0 saturated carbocycles. The maximum absolute atomic E-state index is 5.77. The molecule has 2 unspecified atom stereocenters. The molecule has 0 saturated heterocycles. The first-order valence-electron chi connectivity index (χ1n) is 7.18. The Labute approximate surface area is 121 Å². The van der Waals surface area contributed by atoms with E-state index in [-0.39, 0.29) is 5.60 Å². The van der Waals surface area contributed by atoms with Crippen molar-refractivity contribution in [2.75, 3.05) is 13.7 Å². The van der Waals surface area contributed by atoms with Crippen LogP contribution in [0.2, 0.25) is 0 Å². The molecule has 0 aromatic carbocycles. The van der Waals surface area contributed by atoms with E-state index >= 15 is 0 Å². The Morgan fingerprint density at radius 2 is 2.05 bits per heavy atom. The van der Waals surface area contributed by atoms with E-state index < -0.39 is 0 Å². The summed E-state index contributed by atoms with van der Waals surface area (Å²) < 4.78 is 5.77. The van der Waals surface area contributed by atoms with Gasteiger partial charge < -0.3 is 10.1 Å². The number of hydrogen-bond acceptors (Lipinski definition) is 4. The van der Waals surface area contributed by atoms with Crippen molar-refractivity contribution in [3.63, 3.8) is 0 Å². The Balaban J connectivity index is 2.84. The first-order valence-corrected chi connectivity index (χ1v) is 7.99. The van der Waals surface area contributed by atoms with Crippen LogP contribution >= 0.6 is 11.3 Å². The molecule has 1 N–H and O–H groups in total. The molecule has 0 aliphatic rings. The number of hydrogen-bond donors (Lipinski definition) is 1. The molecule has 0 radical (unpaired) electrons. The van der Waals surface area contributed by atoms with Gasteiger partial charge in [-0.25, -0.2) is 4.98 Å². The third-order valence-electron chi connectivity index (χ3n) is 4.00. The van der Waals surface area contributed by atoms with E-state index in [2.05, 4.69) is 44.9 Å². The predicted octanol–water partition coefficient (Wildman–Crippen LogP) is 3.49. The van der Waals surface area contributed by atoms with Crippen LogP contribution in [0.15, 0.2) is 0 Å². The Kier molecular flexibility index (Phi) is 6.43. The highest BCUT2D eigenvalue weighted by molar-refractivity contribution is 7.11. The van der Waals surface area contributed by atoms with E-state index in [1.54, 1.807) is 11.3 Å². The van der Waals surface area contributed by atoms with Crippen LogP contribution < -0.4 is 5.32 Å². The van der Waals surface area contributed by atoms with Gasteiger partial charge in [0.05, 0.1) is 16.3 Å². The van der Waals surface area contributed by atoms with Crippen LogP contribution in [0.3, 0.4) is 0 Å². The van der Waals surface area contributed by atoms with Crippen molar-refractivity contribution in [2.45, 2.75) is 65.5 Å². The Bertz CT molecular complexity index is 366. The Hall–Kier alpha value is -0.450. The van der Waals surface area contributed by atoms with Crippen molar-refractivity contribution >= 4 is 11.3 Å². The number of methoxy groups -OCH3 is 1. The first kappa shape index (κ1) is 16.6. The molecule has 1 aromatic rings.